The van der Waals surface area contributed by atoms with E-state index in [-0.39, 0.29) is 23.6 Å². The first-order valence-corrected chi connectivity index (χ1v) is 6.35. The van der Waals surface area contributed by atoms with Crippen LogP contribution in [0.25, 0.3) is 0 Å². The molecular weight excluding hydrogens is 311 g/mol. The van der Waals surface area contributed by atoms with Gasteiger partial charge in [0, 0.05) is 12.8 Å². The van der Waals surface area contributed by atoms with Crippen molar-refractivity contribution in [2.45, 2.75) is 25.9 Å². The fourth-order valence-electron chi connectivity index (χ4n) is 1.69. The second kappa shape index (κ2) is 6.80. The minimum absolute atomic E-state index is 0.0257. The molecule has 0 bridgehead atoms. The number of anilines is 1. The first kappa shape index (κ1) is 17.3. The predicted octanol–water partition coefficient (Wildman–Crippen LogP) is 3.80. The minimum atomic E-state index is -4.54. The average molecular weight is 324 g/mol. The summed E-state index contributed by atoms with van der Waals surface area (Å²) in [6.45, 7) is 1.56. The Kier molecular flexibility index (Phi) is 5.60. The Hall–Kier alpha value is -1.76. The number of aliphatic carboxylic acids is 1. The Labute approximate surface area is 123 Å². The van der Waals surface area contributed by atoms with Crippen LogP contribution in [-0.2, 0) is 15.8 Å². The summed E-state index contributed by atoms with van der Waals surface area (Å²) in [5, 5.41) is 10.8. The molecule has 0 heterocycles. The van der Waals surface area contributed by atoms with Crippen molar-refractivity contribution in [3.63, 3.8) is 0 Å². The highest BCUT2D eigenvalue weighted by atomic mass is 35.5. The van der Waals surface area contributed by atoms with Crippen molar-refractivity contribution in [3.05, 3.63) is 28.8 Å². The molecule has 0 saturated carbocycles. The number of nitrogens with one attached hydrogen (secondary N) is 1. The second-order valence-corrected chi connectivity index (χ2v) is 5.05. The number of hydrogen-bond donors (Lipinski definition) is 2. The topological polar surface area (TPSA) is 66.4 Å². The molecule has 0 radical (unpaired) electrons. The predicted molar refractivity (Wildman–Crippen MR) is 71.1 cm³/mol. The van der Waals surface area contributed by atoms with Crippen molar-refractivity contribution in [2.24, 2.45) is 5.92 Å². The van der Waals surface area contributed by atoms with Gasteiger partial charge in [0.15, 0.2) is 0 Å². The molecule has 21 heavy (non-hydrogen) atoms. The van der Waals surface area contributed by atoms with E-state index in [0.717, 1.165) is 18.2 Å². The number of amides is 1. The van der Waals surface area contributed by atoms with Crippen molar-refractivity contribution < 1.29 is 27.9 Å². The number of alkyl halides is 3. The van der Waals surface area contributed by atoms with E-state index in [1.165, 1.54) is 0 Å². The maximum atomic E-state index is 12.6. The van der Waals surface area contributed by atoms with Gasteiger partial charge in [-0.15, -0.1) is 0 Å². The first-order valence-electron chi connectivity index (χ1n) is 5.98. The van der Waals surface area contributed by atoms with Gasteiger partial charge in [-0.25, -0.2) is 0 Å². The lowest BCUT2D eigenvalue weighted by molar-refractivity contribution is -0.138. The molecule has 0 aliphatic carbocycles. The lowest BCUT2D eigenvalue weighted by Gasteiger charge is -2.13. The summed E-state index contributed by atoms with van der Waals surface area (Å²) < 4.78 is 37.7. The smallest absolute Gasteiger partial charge is 0.416 e. The summed E-state index contributed by atoms with van der Waals surface area (Å²) in [6.07, 6.45) is -4.87. The van der Waals surface area contributed by atoms with Gasteiger partial charge < -0.3 is 10.4 Å². The summed E-state index contributed by atoms with van der Waals surface area (Å²) in [7, 11) is 0. The van der Waals surface area contributed by atoms with Crippen molar-refractivity contribution in [1.82, 2.24) is 0 Å². The van der Waals surface area contributed by atoms with Gasteiger partial charge in [0.25, 0.3) is 0 Å². The van der Waals surface area contributed by atoms with Gasteiger partial charge in [0.05, 0.1) is 16.3 Å². The lowest BCUT2D eigenvalue weighted by atomic mass is 10.0. The Bertz CT molecular complexity index is 546. The molecule has 0 spiro atoms. The number of rotatable bonds is 5. The van der Waals surface area contributed by atoms with Crippen LogP contribution in [0.4, 0.5) is 18.9 Å². The fourth-order valence-corrected chi connectivity index (χ4v) is 1.85. The molecule has 0 aliphatic heterocycles. The van der Waals surface area contributed by atoms with Crippen LogP contribution in [0.1, 0.15) is 25.3 Å². The summed E-state index contributed by atoms with van der Waals surface area (Å²) in [6, 6.07) is 2.59. The minimum Gasteiger partial charge on any atom is -0.481 e. The second-order valence-electron chi connectivity index (χ2n) is 4.65. The number of hydrogen-bond acceptors (Lipinski definition) is 2. The molecule has 4 nitrogen and oxygen atoms in total. The lowest BCUT2D eigenvalue weighted by Crippen LogP contribution is -2.17. The first-order chi connectivity index (χ1) is 9.59. The Morgan fingerprint density at radius 2 is 1.95 bits per heavy atom. The number of carbonyl (C=O) groups excluding carboxylic acids is 1. The molecule has 0 aromatic heterocycles. The van der Waals surface area contributed by atoms with Gasteiger partial charge in [0.1, 0.15) is 0 Å². The van der Waals surface area contributed by atoms with Gasteiger partial charge in [-0.2, -0.15) is 13.2 Å². The molecule has 1 atom stereocenters. The number of carboxylic acid groups (broad SMARTS) is 1. The molecule has 1 aromatic carbocycles. The highest BCUT2D eigenvalue weighted by molar-refractivity contribution is 6.33. The van der Waals surface area contributed by atoms with E-state index in [1.54, 1.807) is 6.92 Å². The highest BCUT2D eigenvalue weighted by Gasteiger charge is 2.31. The van der Waals surface area contributed by atoms with E-state index in [4.69, 9.17) is 16.7 Å². The van der Waals surface area contributed by atoms with E-state index in [1.807, 2.05) is 0 Å². The zero-order valence-corrected chi connectivity index (χ0v) is 11.8. The van der Waals surface area contributed by atoms with E-state index in [9.17, 15) is 22.8 Å². The van der Waals surface area contributed by atoms with Crippen molar-refractivity contribution in [2.75, 3.05) is 5.32 Å². The van der Waals surface area contributed by atoms with E-state index >= 15 is 0 Å². The average Bonchev–Trinajstić information content (AvgIpc) is 2.28. The molecule has 1 unspecified atom stereocenters. The number of carboxylic acids is 1. The summed E-state index contributed by atoms with van der Waals surface area (Å²) in [5.41, 5.74) is -1.08. The van der Waals surface area contributed by atoms with Crippen LogP contribution in [0.2, 0.25) is 5.02 Å². The van der Waals surface area contributed by atoms with Crippen LogP contribution in [0, 0.1) is 5.92 Å². The van der Waals surface area contributed by atoms with Crippen LogP contribution < -0.4 is 5.32 Å². The number of halogens is 4. The Balaban J connectivity index is 2.78. The molecule has 116 valence electrons. The number of benzene rings is 1. The summed E-state index contributed by atoms with van der Waals surface area (Å²) in [5.74, 6) is -2.08. The van der Waals surface area contributed by atoms with Gasteiger partial charge in [-0.1, -0.05) is 18.5 Å². The SMILES string of the molecule is CC(CC(=O)O)CC(=O)Nc1cc(C(F)(F)F)ccc1Cl. The molecule has 1 amide bonds. The highest BCUT2D eigenvalue weighted by Crippen LogP contribution is 2.33. The normalized spacial score (nSPS) is 12.8. The Morgan fingerprint density at radius 3 is 2.48 bits per heavy atom. The molecule has 8 heteroatoms. The van der Waals surface area contributed by atoms with Crippen LogP contribution in [0.5, 0.6) is 0 Å². The monoisotopic (exact) mass is 323 g/mol. The third kappa shape index (κ3) is 5.63. The van der Waals surface area contributed by atoms with E-state index in [2.05, 4.69) is 5.32 Å². The zero-order valence-electron chi connectivity index (χ0n) is 11.0. The van der Waals surface area contributed by atoms with Crippen LogP contribution >= 0.6 is 11.6 Å². The number of carbonyl (C=O) groups is 2. The quantitative estimate of drug-likeness (QED) is 0.866. The molecular formula is C13H13ClF3NO3. The zero-order chi connectivity index (χ0) is 16.2. The standard InChI is InChI=1S/C13H13ClF3NO3/c1-7(5-12(20)21)4-11(19)18-10-6-8(13(15,16)17)2-3-9(10)14/h2-3,6-7H,4-5H2,1H3,(H,18,19)(H,20,21). The van der Waals surface area contributed by atoms with Crippen molar-refractivity contribution >= 4 is 29.2 Å². The van der Waals surface area contributed by atoms with Gasteiger partial charge >= 0.3 is 12.1 Å². The van der Waals surface area contributed by atoms with Crippen LogP contribution in [0.15, 0.2) is 18.2 Å². The van der Waals surface area contributed by atoms with Gasteiger partial charge in [-0.3, -0.25) is 9.59 Å². The van der Waals surface area contributed by atoms with Crippen LogP contribution in [-0.4, -0.2) is 17.0 Å². The third-order valence-electron chi connectivity index (χ3n) is 2.62. The molecule has 0 fully saturated rings. The molecule has 2 N–H and O–H groups in total. The third-order valence-corrected chi connectivity index (χ3v) is 2.95. The van der Waals surface area contributed by atoms with Gasteiger partial charge in [0.2, 0.25) is 5.91 Å². The molecule has 1 rings (SSSR count). The maximum Gasteiger partial charge on any atom is 0.416 e. The van der Waals surface area contributed by atoms with Crippen LogP contribution in [0.3, 0.4) is 0 Å². The van der Waals surface area contributed by atoms with Crippen molar-refractivity contribution in [3.8, 4) is 0 Å². The molecule has 0 saturated heterocycles. The van der Waals surface area contributed by atoms with E-state index < -0.39 is 29.5 Å². The van der Waals surface area contributed by atoms with Gasteiger partial charge in [-0.05, 0) is 24.1 Å². The molecule has 1 aromatic rings. The van der Waals surface area contributed by atoms with E-state index in [0.29, 0.717) is 0 Å². The summed E-state index contributed by atoms with van der Waals surface area (Å²) >= 11 is 5.74. The molecule has 0 aliphatic rings. The Morgan fingerprint density at radius 1 is 1.33 bits per heavy atom. The van der Waals surface area contributed by atoms with Crippen molar-refractivity contribution in [1.29, 1.82) is 0 Å². The largest absolute Gasteiger partial charge is 0.481 e. The maximum absolute atomic E-state index is 12.6. The fraction of sp³-hybridized carbons (Fsp3) is 0.385. The summed E-state index contributed by atoms with van der Waals surface area (Å²) in [4.78, 5) is 22.2.